The highest BCUT2D eigenvalue weighted by molar-refractivity contribution is 5.31. The third-order valence-electron chi connectivity index (χ3n) is 2.86. The minimum Gasteiger partial charge on any atom is -0.362 e. The first-order valence-electron chi connectivity index (χ1n) is 5.11. The lowest BCUT2D eigenvalue weighted by molar-refractivity contribution is 0.207. The van der Waals surface area contributed by atoms with Crippen molar-refractivity contribution >= 4 is 0 Å². The maximum Gasteiger partial charge on any atom is 0.151 e. The van der Waals surface area contributed by atoms with E-state index in [9.17, 15) is 0 Å². The summed E-state index contributed by atoms with van der Waals surface area (Å²) in [6.45, 7) is 4.01. The molecule has 4 N–H and O–H groups in total. The standard InChI is InChI=1S/C12H17N3/c1-11(2,13)12(14-8-9-15-12)10-6-4-3-5-7-10/h3-9,14-15H,13H2,1-2H3. The molecule has 1 aromatic rings. The second-order valence-corrected chi connectivity index (χ2v) is 4.46. The number of hydrogen-bond acceptors (Lipinski definition) is 3. The fourth-order valence-corrected chi connectivity index (χ4v) is 1.97. The molecule has 0 saturated heterocycles. The predicted molar refractivity (Wildman–Crippen MR) is 61.8 cm³/mol. The van der Waals surface area contributed by atoms with Crippen molar-refractivity contribution in [1.29, 1.82) is 0 Å². The zero-order valence-electron chi connectivity index (χ0n) is 9.12. The molecule has 15 heavy (non-hydrogen) atoms. The van der Waals surface area contributed by atoms with Crippen molar-refractivity contribution in [3.8, 4) is 0 Å². The highest BCUT2D eigenvalue weighted by Crippen LogP contribution is 2.30. The third-order valence-corrected chi connectivity index (χ3v) is 2.86. The Kier molecular flexibility index (Phi) is 2.20. The summed E-state index contributed by atoms with van der Waals surface area (Å²) in [5.41, 5.74) is 6.57. The van der Waals surface area contributed by atoms with Crippen molar-refractivity contribution in [3.05, 3.63) is 48.3 Å². The lowest BCUT2D eigenvalue weighted by atomic mass is 9.83. The largest absolute Gasteiger partial charge is 0.362 e. The lowest BCUT2D eigenvalue weighted by Gasteiger charge is -2.42. The topological polar surface area (TPSA) is 50.1 Å². The van der Waals surface area contributed by atoms with E-state index in [0.29, 0.717) is 0 Å². The minimum atomic E-state index is -0.408. The summed E-state index contributed by atoms with van der Waals surface area (Å²) in [7, 11) is 0. The van der Waals surface area contributed by atoms with E-state index in [1.54, 1.807) is 0 Å². The molecule has 1 aliphatic rings. The van der Waals surface area contributed by atoms with Crippen LogP contribution in [-0.2, 0) is 5.66 Å². The Morgan fingerprint density at radius 1 is 1.07 bits per heavy atom. The van der Waals surface area contributed by atoms with Crippen molar-refractivity contribution in [2.75, 3.05) is 0 Å². The van der Waals surface area contributed by atoms with E-state index in [-0.39, 0.29) is 0 Å². The summed E-state index contributed by atoms with van der Waals surface area (Å²) in [5.74, 6) is 0. The van der Waals surface area contributed by atoms with E-state index in [1.165, 1.54) is 0 Å². The second-order valence-electron chi connectivity index (χ2n) is 4.46. The number of benzene rings is 1. The quantitative estimate of drug-likeness (QED) is 0.678. The average molecular weight is 203 g/mol. The van der Waals surface area contributed by atoms with E-state index in [0.717, 1.165) is 5.56 Å². The molecule has 1 aromatic carbocycles. The molecule has 3 nitrogen and oxygen atoms in total. The summed E-state index contributed by atoms with van der Waals surface area (Å²) >= 11 is 0. The molecule has 1 heterocycles. The Hall–Kier alpha value is -1.48. The van der Waals surface area contributed by atoms with Crippen LogP contribution in [-0.4, -0.2) is 5.54 Å². The minimum absolute atomic E-state index is 0.405. The van der Waals surface area contributed by atoms with Gasteiger partial charge in [0.25, 0.3) is 0 Å². The normalized spacial score (nSPS) is 18.3. The number of nitrogens with two attached hydrogens (primary N) is 1. The molecule has 0 fully saturated rings. The molecule has 0 saturated carbocycles. The molecule has 0 bridgehead atoms. The Labute approximate surface area is 90.4 Å². The van der Waals surface area contributed by atoms with Gasteiger partial charge in [0.2, 0.25) is 0 Å². The van der Waals surface area contributed by atoms with E-state index in [1.807, 2.05) is 44.4 Å². The molecule has 0 aromatic heterocycles. The first-order chi connectivity index (χ1) is 7.06. The van der Waals surface area contributed by atoms with Gasteiger partial charge in [0, 0.05) is 12.4 Å². The molecule has 0 spiro atoms. The molecule has 3 heteroatoms. The van der Waals surface area contributed by atoms with Crippen LogP contribution >= 0.6 is 0 Å². The summed E-state index contributed by atoms with van der Waals surface area (Å²) in [6.07, 6.45) is 3.78. The summed E-state index contributed by atoms with van der Waals surface area (Å²) in [4.78, 5) is 0. The van der Waals surface area contributed by atoms with Gasteiger partial charge in [0.1, 0.15) is 0 Å². The fourth-order valence-electron chi connectivity index (χ4n) is 1.97. The summed E-state index contributed by atoms with van der Waals surface area (Å²) < 4.78 is 0. The molecule has 0 aliphatic carbocycles. The van der Waals surface area contributed by atoms with Gasteiger partial charge in [-0.05, 0) is 19.4 Å². The number of rotatable bonds is 2. The molecule has 0 atom stereocenters. The number of nitrogens with one attached hydrogen (secondary N) is 2. The number of hydrogen-bond donors (Lipinski definition) is 3. The first-order valence-corrected chi connectivity index (χ1v) is 5.11. The van der Waals surface area contributed by atoms with Crippen LogP contribution in [0.25, 0.3) is 0 Å². The van der Waals surface area contributed by atoms with Gasteiger partial charge >= 0.3 is 0 Å². The Morgan fingerprint density at radius 2 is 1.60 bits per heavy atom. The van der Waals surface area contributed by atoms with Gasteiger partial charge in [-0.1, -0.05) is 30.3 Å². The first kappa shape index (κ1) is 10.1. The molecule has 2 rings (SSSR count). The van der Waals surface area contributed by atoms with E-state index >= 15 is 0 Å². The maximum absolute atomic E-state index is 6.24. The Balaban J connectivity index is 2.45. The Bertz CT molecular complexity index is 354. The third kappa shape index (κ3) is 1.49. The SMILES string of the molecule is CC(C)(N)C1(c2ccccc2)NC=CN1. The van der Waals surface area contributed by atoms with Gasteiger partial charge < -0.3 is 16.4 Å². The average Bonchev–Trinajstić information content (AvgIpc) is 2.68. The van der Waals surface area contributed by atoms with Gasteiger partial charge in [0.15, 0.2) is 5.66 Å². The molecule has 0 amide bonds. The van der Waals surface area contributed by atoms with Crippen LogP contribution in [0, 0.1) is 0 Å². The van der Waals surface area contributed by atoms with Gasteiger partial charge in [-0.2, -0.15) is 0 Å². The van der Waals surface area contributed by atoms with Crippen molar-refractivity contribution in [2.45, 2.75) is 25.0 Å². The highest BCUT2D eigenvalue weighted by Gasteiger charge is 2.44. The van der Waals surface area contributed by atoms with Crippen LogP contribution in [0.2, 0.25) is 0 Å². The van der Waals surface area contributed by atoms with Crippen LogP contribution in [0.15, 0.2) is 42.7 Å². The Morgan fingerprint density at radius 3 is 2.07 bits per heavy atom. The zero-order chi connectivity index (χ0) is 10.9. The van der Waals surface area contributed by atoms with Crippen molar-refractivity contribution in [2.24, 2.45) is 5.73 Å². The zero-order valence-corrected chi connectivity index (χ0v) is 9.12. The summed E-state index contributed by atoms with van der Waals surface area (Å²) in [5, 5.41) is 6.62. The van der Waals surface area contributed by atoms with E-state index in [2.05, 4.69) is 22.8 Å². The molecule has 0 radical (unpaired) electrons. The van der Waals surface area contributed by atoms with Crippen LogP contribution in [0.3, 0.4) is 0 Å². The van der Waals surface area contributed by atoms with E-state index < -0.39 is 11.2 Å². The van der Waals surface area contributed by atoms with Crippen LogP contribution in [0.1, 0.15) is 19.4 Å². The second kappa shape index (κ2) is 3.28. The lowest BCUT2D eigenvalue weighted by Crippen LogP contribution is -2.65. The van der Waals surface area contributed by atoms with Gasteiger partial charge in [-0.25, -0.2) is 0 Å². The molecule has 1 aliphatic heterocycles. The molecular formula is C12H17N3. The van der Waals surface area contributed by atoms with Crippen LogP contribution in [0.4, 0.5) is 0 Å². The van der Waals surface area contributed by atoms with Gasteiger partial charge in [-0.15, -0.1) is 0 Å². The fraction of sp³-hybridized carbons (Fsp3) is 0.333. The summed E-state index contributed by atoms with van der Waals surface area (Å²) in [6, 6.07) is 10.2. The van der Waals surface area contributed by atoms with Crippen molar-refractivity contribution in [3.63, 3.8) is 0 Å². The predicted octanol–water partition coefficient (Wildman–Crippen LogP) is 1.24. The van der Waals surface area contributed by atoms with E-state index in [4.69, 9.17) is 5.73 Å². The van der Waals surface area contributed by atoms with Crippen LogP contribution in [0.5, 0.6) is 0 Å². The molecule has 80 valence electrons. The monoisotopic (exact) mass is 203 g/mol. The molecule has 0 unspecified atom stereocenters. The van der Waals surface area contributed by atoms with Gasteiger partial charge in [-0.3, -0.25) is 0 Å². The van der Waals surface area contributed by atoms with Crippen molar-refractivity contribution < 1.29 is 0 Å². The van der Waals surface area contributed by atoms with Crippen LogP contribution < -0.4 is 16.4 Å². The highest BCUT2D eigenvalue weighted by atomic mass is 15.3. The maximum atomic E-state index is 6.24. The smallest absolute Gasteiger partial charge is 0.151 e. The van der Waals surface area contributed by atoms with Crippen molar-refractivity contribution in [1.82, 2.24) is 10.6 Å². The molecular weight excluding hydrogens is 186 g/mol. The van der Waals surface area contributed by atoms with Gasteiger partial charge in [0.05, 0.1) is 5.54 Å².